The van der Waals surface area contributed by atoms with Gasteiger partial charge in [-0.3, -0.25) is 14.7 Å². The Morgan fingerprint density at radius 3 is 1.86 bits per heavy atom. The Bertz CT molecular complexity index is 404. The number of fused-ring (bicyclic) bond motifs is 5. The normalized spacial score (nSPS) is 41.5. The second kappa shape index (κ2) is 5.44. The van der Waals surface area contributed by atoms with Crippen LogP contribution in [0.25, 0.3) is 0 Å². The summed E-state index contributed by atoms with van der Waals surface area (Å²) in [5.74, 6) is 0. The number of hydrogen-bond acceptors (Lipinski definition) is 4. The van der Waals surface area contributed by atoms with Crippen LogP contribution in [0, 0.1) is 0 Å². The zero-order valence-corrected chi connectivity index (χ0v) is 15.0. The summed E-state index contributed by atoms with van der Waals surface area (Å²) in [7, 11) is 2.32. The first-order chi connectivity index (χ1) is 10.4. The molecule has 5 aliphatic heterocycles. The van der Waals surface area contributed by atoms with E-state index in [1.165, 1.54) is 58.5 Å². The molecule has 0 N–H and O–H groups in total. The van der Waals surface area contributed by atoms with Crippen LogP contribution in [0.3, 0.4) is 0 Å². The van der Waals surface area contributed by atoms with Crippen molar-refractivity contribution in [1.29, 1.82) is 0 Å². The molecule has 0 amide bonds. The monoisotopic (exact) mass is 306 g/mol. The third-order valence-corrected chi connectivity index (χ3v) is 6.63. The Morgan fingerprint density at radius 2 is 1.36 bits per heavy atom. The summed E-state index contributed by atoms with van der Waals surface area (Å²) in [6, 6.07) is 3.22. The average Bonchev–Trinajstić information content (AvgIpc) is 2.73. The second-order valence-electron chi connectivity index (χ2n) is 9.24. The van der Waals surface area contributed by atoms with E-state index >= 15 is 0 Å². The fourth-order valence-electron chi connectivity index (χ4n) is 5.76. The predicted molar refractivity (Wildman–Crippen MR) is 91.0 cm³/mol. The van der Waals surface area contributed by atoms with E-state index in [0.717, 1.165) is 24.2 Å². The number of rotatable bonds is 2. The van der Waals surface area contributed by atoms with Crippen LogP contribution in [-0.4, -0.2) is 89.2 Å². The maximum absolute atomic E-state index is 2.82. The molecule has 4 unspecified atom stereocenters. The van der Waals surface area contributed by atoms with Gasteiger partial charge in [-0.25, -0.2) is 0 Å². The summed E-state index contributed by atoms with van der Waals surface area (Å²) in [6.45, 7) is 13.6. The predicted octanol–water partition coefficient (Wildman–Crippen LogP) is 1.67. The molecule has 5 saturated heterocycles. The minimum Gasteiger partial charge on any atom is -0.301 e. The van der Waals surface area contributed by atoms with Crippen molar-refractivity contribution in [1.82, 2.24) is 19.6 Å². The van der Waals surface area contributed by atoms with Gasteiger partial charge in [0, 0.05) is 55.9 Å². The Hall–Kier alpha value is -0.160. The molecule has 5 rings (SSSR count). The van der Waals surface area contributed by atoms with Crippen molar-refractivity contribution >= 4 is 0 Å². The van der Waals surface area contributed by atoms with Gasteiger partial charge in [0.05, 0.1) is 6.67 Å². The van der Waals surface area contributed by atoms with Gasteiger partial charge in [-0.1, -0.05) is 0 Å². The Labute approximate surface area is 136 Å². The molecule has 5 heterocycles. The molecule has 0 saturated carbocycles. The van der Waals surface area contributed by atoms with Crippen LogP contribution in [0.15, 0.2) is 0 Å². The first-order valence-electron chi connectivity index (χ1n) is 9.37. The van der Waals surface area contributed by atoms with Crippen LogP contribution < -0.4 is 0 Å². The van der Waals surface area contributed by atoms with E-state index in [0.29, 0.717) is 5.54 Å². The fourth-order valence-corrected chi connectivity index (χ4v) is 5.76. The molecule has 0 radical (unpaired) electrons. The van der Waals surface area contributed by atoms with Crippen molar-refractivity contribution in [3.05, 3.63) is 0 Å². The lowest BCUT2D eigenvalue weighted by molar-refractivity contribution is -0.0628. The number of likely N-dealkylation sites (N-methyl/N-ethyl adjacent to an activating group) is 1. The summed E-state index contributed by atoms with van der Waals surface area (Å²) in [6.07, 6.45) is 5.66. The van der Waals surface area contributed by atoms with Crippen molar-refractivity contribution in [3.8, 4) is 0 Å². The number of piperidine rings is 2. The van der Waals surface area contributed by atoms with Crippen LogP contribution in [0.2, 0.25) is 0 Å². The van der Waals surface area contributed by atoms with Crippen LogP contribution >= 0.6 is 0 Å². The van der Waals surface area contributed by atoms with Gasteiger partial charge in [0.2, 0.25) is 0 Å². The quantitative estimate of drug-likeness (QED) is 0.769. The largest absolute Gasteiger partial charge is 0.301 e. The maximum Gasteiger partial charge on any atom is 0.0511 e. The van der Waals surface area contributed by atoms with Crippen LogP contribution in [0.1, 0.15) is 46.5 Å². The van der Waals surface area contributed by atoms with Gasteiger partial charge >= 0.3 is 0 Å². The summed E-state index contributed by atoms with van der Waals surface area (Å²) in [5.41, 5.74) is 0.338. The van der Waals surface area contributed by atoms with Gasteiger partial charge < -0.3 is 4.90 Å². The highest BCUT2D eigenvalue weighted by Gasteiger charge is 2.45. The lowest BCUT2D eigenvalue weighted by atomic mass is 9.91. The van der Waals surface area contributed by atoms with Crippen molar-refractivity contribution < 1.29 is 0 Å². The van der Waals surface area contributed by atoms with Crippen LogP contribution in [0.5, 0.6) is 0 Å². The Kier molecular flexibility index (Phi) is 3.80. The fraction of sp³-hybridized carbons (Fsp3) is 1.00. The zero-order valence-electron chi connectivity index (χ0n) is 15.0. The zero-order chi connectivity index (χ0) is 15.5. The SMILES string of the molecule is CN1CC2CCC1CN2CN1CC2CCC(C1)N2C(C)(C)C. The molecule has 0 aromatic rings. The summed E-state index contributed by atoms with van der Waals surface area (Å²) >= 11 is 0. The molecule has 126 valence electrons. The number of piperazine rings is 2. The molecule has 4 nitrogen and oxygen atoms in total. The van der Waals surface area contributed by atoms with Gasteiger partial charge in [0.25, 0.3) is 0 Å². The highest BCUT2D eigenvalue weighted by molar-refractivity contribution is 5.01. The molecule has 22 heavy (non-hydrogen) atoms. The van der Waals surface area contributed by atoms with Gasteiger partial charge in [-0.05, 0) is 53.5 Å². The lowest BCUT2D eigenvalue weighted by Gasteiger charge is -2.53. The summed E-state index contributed by atoms with van der Waals surface area (Å²) in [4.78, 5) is 11.0. The molecule has 5 aliphatic rings. The molecule has 0 aromatic carbocycles. The molecule has 4 bridgehead atoms. The van der Waals surface area contributed by atoms with Gasteiger partial charge in [-0.2, -0.15) is 0 Å². The molecule has 0 spiro atoms. The first-order valence-corrected chi connectivity index (χ1v) is 9.37. The van der Waals surface area contributed by atoms with Gasteiger partial charge in [-0.15, -0.1) is 0 Å². The van der Waals surface area contributed by atoms with E-state index in [-0.39, 0.29) is 0 Å². The van der Waals surface area contributed by atoms with E-state index in [1.54, 1.807) is 0 Å². The molecule has 5 fully saturated rings. The van der Waals surface area contributed by atoms with E-state index < -0.39 is 0 Å². The Morgan fingerprint density at radius 1 is 0.773 bits per heavy atom. The minimum absolute atomic E-state index is 0.338. The summed E-state index contributed by atoms with van der Waals surface area (Å²) in [5, 5.41) is 0. The third kappa shape index (κ3) is 2.62. The van der Waals surface area contributed by atoms with Crippen LogP contribution in [0.4, 0.5) is 0 Å². The summed E-state index contributed by atoms with van der Waals surface area (Å²) < 4.78 is 0. The average molecular weight is 306 g/mol. The Balaban J connectivity index is 1.38. The maximum atomic E-state index is 2.82. The highest BCUT2D eigenvalue weighted by atomic mass is 15.4. The smallest absolute Gasteiger partial charge is 0.0511 e. The van der Waals surface area contributed by atoms with Crippen molar-refractivity contribution in [2.24, 2.45) is 0 Å². The number of nitrogens with zero attached hydrogens (tertiary/aromatic N) is 4. The van der Waals surface area contributed by atoms with Crippen molar-refractivity contribution in [2.75, 3.05) is 39.9 Å². The third-order valence-electron chi connectivity index (χ3n) is 6.63. The first kappa shape index (κ1) is 15.4. The van der Waals surface area contributed by atoms with Gasteiger partial charge in [0.1, 0.15) is 0 Å². The number of hydrogen-bond donors (Lipinski definition) is 0. The van der Waals surface area contributed by atoms with Crippen LogP contribution in [-0.2, 0) is 0 Å². The lowest BCUT2D eigenvalue weighted by Crippen LogP contribution is -2.65. The topological polar surface area (TPSA) is 13.0 Å². The number of likely N-dealkylation sites (tertiary alicyclic amines) is 1. The van der Waals surface area contributed by atoms with Crippen molar-refractivity contribution in [3.63, 3.8) is 0 Å². The van der Waals surface area contributed by atoms with E-state index in [1.807, 2.05) is 0 Å². The highest BCUT2D eigenvalue weighted by Crippen LogP contribution is 2.36. The van der Waals surface area contributed by atoms with E-state index in [4.69, 9.17) is 0 Å². The molecule has 0 aromatic heterocycles. The molecular formula is C18H34N4. The molecule has 4 heteroatoms. The van der Waals surface area contributed by atoms with E-state index in [9.17, 15) is 0 Å². The minimum atomic E-state index is 0.338. The molecule has 4 atom stereocenters. The molecular weight excluding hydrogens is 272 g/mol. The van der Waals surface area contributed by atoms with Crippen molar-refractivity contribution in [2.45, 2.75) is 76.2 Å². The van der Waals surface area contributed by atoms with E-state index in [2.05, 4.69) is 47.4 Å². The second-order valence-corrected chi connectivity index (χ2v) is 9.24. The molecule has 0 aliphatic carbocycles. The van der Waals surface area contributed by atoms with Gasteiger partial charge in [0.15, 0.2) is 0 Å². The standard InChI is InChI=1S/C18H34N4/c1-18(2,3)22-16-7-8-17(22)11-20(10-16)13-21-12-14-5-6-15(21)9-19(14)4/h14-17H,5-13H2,1-4H3.